The molecule has 164 valence electrons. The molecule has 0 aliphatic heterocycles. The highest BCUT2D eigenvalue weighted by molar-refractivity contribution is 9.10. The van der Waals surface area contributed by atoms with Crippen LogP contribution in [0.3, 0.4) is 0 Å². The fourth-order valence-corrected chi connectivity index (χ4v) is 4.71. The summed E-state index contributed by atoms with van der Waals surface area (Å²) in [7, 11) is 0. The van der Waals surface area contributed by atoms with Gasteiger partial charge in [0.1, 0.15) is 5.75 Å². The Balaban J connectivity index is 1.42. The molecule has 1 N–H and O–H groups in total. The Kier molecular flexibility index (Phi) is 7.23. The zero-order chi connectivity index (χ0) is 22.5. The third-order valence-corrected chi connectivity index (χ3v) is 6.62. The highest BCUT2D eigenvalue weighted by atomic mass is 79.9. The Morgan fingerprint density at radius 1 is 1.28 bits per heavy atom. The number of aromatic nitrogens is 4. The molecule has 0 radical (unpaired) electrons. The average molecular weight is 530 g/mol. The zero-order valence-corrected chi connectivity index (χ0v) is 20.5. The number of ether oxygens (including phenoxy) is 1. The minimum atomic E-state index is -0.163. The molecule has 10 heteroatoms. The van der Waals surface area contributed by atoms with Crippen molar-refractivity contribution in [2.75, 3.05) is 17.7 Å². The quantitative estimate of drug-likeness (QED) is 0.223. The van der Waals surface area contributed by atoms with Gasteiger partial charge in [-0.05, 0) is 31.2 Å². The van der Waals surface area contributed by atoms with Crippen molar-refractivity contribution in [3.8, 4) is 17.1 Å². The van der Waals surface area contributed by atoms with E-state index >= 15 is 0 Å². The zero-order valence-electron chi connectivity index (χ0n) is 17.2. The number of allylic oxidation sites excluding steroid dienone is 1. The SMILES string of the molecule is C=CCn1nc(SCC(=O)Nc2nc3cc(OCC)ccc3s2)nc1-c1ccc(Br)cc1. The number of amides is 1. The van der Waals surface area contributed by atoms with E-state index in [2.05, 4.69) is 42.9 Å². The Morgan fingerprint density at radius 2 is 2.09 bits per heavy atom. The number of nitrogens with zero attached hydrogens (tertiary/aromatic N) is 4. The van der Waals surface area contributed by atoms with E-state index in [9.17, 15) is 4.79 Å². The van der Waals surface area contributed by atoms with E-state index in [4.69, 9.17) is 4.74 Å². The Hall–Kier alpha value is -2.69. The van der Waals surface area contributed by atoms with Crippen LogP contribution in [0.2, 0.25) is 0 Å². The maximum absolute atomic E-state index is 12.5. The first-order valence-electron chi connectivity index (χ1n) is 9.83. The van der Waals surface area contributed by atoms with Crippen LogP contribution in [-0.2, 0) is 11.3 Å². The molecule has 1 amide bonds. The van der Waals surface area contributed by atoms with Crippen molar-refractivity contribution in [1.82, 2.24) is 19.7 Å². The molecule has 2 aromatic carbocycles. The van der Waals surface area contributed by atoms with Gasteiger partial charge in [0.2, 0.25) is 11.1 Å². The predicted octanol–water partition coefficient (Wildman–Crippen LogP) is 5.63. The first-order valence-corrected chi connectivity index (χ1v) is 12.4. The summed E-state index contributed by atoms with van der Waals surface area (Å²) in [6, 6.07) is 13.6. The molecule has 32 heavy (non-hydrogen) atoms. The fourth-order valence-electron chi connectivity index (χ4n) is 2.95. The molecular weight excluding hydrogens is 510 g/mol. The Morgan fingerprint density at radius 3 is 2.84 bits per heavy atom. The highest BCUT2D eigenvalue weighted by Gasteiger charge is 2.14. The van der Waals surface area contributed by atoms with Crippen molar-refractivity contribution in [2.24, 2.45) is 0 Å². The average Bonchev–Trinajstić information content (AvgIpc) is 3.36. The second kappa shape index (κ2) is 10.3. The first kappa shape index (κ1) is 22.5. The van der Waals surface area contributed by atoms with Crippen molar-refractivity contribution < 1.29 is 9.53 Å². The molecule has 0 atom stereocenters. The van der Waals surface area contributed by atoms with Crippen LogP contribution >= 0.6 is 39.0 Å². The van der Waals surface area contributed by atoms with Crippen molar-refractivity contribution in [3.63, 3.8) is 0 Å². The number of carbonyl (C=O) groups is 1. The van der Waals surface area contributed by atoms with E-state index in [0.717, 1.165) is 31.8 Å². The summed E-state index contributed by atoms with van der Waals surface area (Å²) in [5.74, 6) is 1.51. The third kappa shape index (κ3) is 5.37. The van der Waals surface area contributed by atoms with Gasteiger partial charge in [-0.3, -0.25) is 4.79 Å². The lowest BCUT2D eigenvalue weighted by atomic mass is 10.2. The lowest BCUT2D eigenvalue weighted by Gasteiger charge is -2.02. The van der Waals surface area contributed by atoms with E-state index in [0.29, 0.717) is 23.4 Å². The Bertz CT molecular complexity index is 1250. The number of anilines is 1. The minimum Gasteiger partial charge on any atom is -0.494 e. The molecule has 4 rings (SSSR count). The summed E-state index contributed by atoms with van der Waals surface area (Å²) in [6.45, 7) is 6.85. The largest absolute Gasteiger partial charge is 0.494 e. The number of thioether (sulfide) groups is 1. The summed E-state index contributed by atoms with van der Waals surface area (Å²) < 4.78 is 9.26. The van der Waals surface area contributed by atoms with Gasteiger partial charge in [0, 0.05) is 16.1 Å². The molecule has 0 fully saturated rings. The molecule has 0 spiro atoms. The van der Waals surface area contributed by atoms with Crippen LogP contribution in [0.4, 0.5) is 5.13 Å². The summed E-state index contributed by atoms with van der Waals surface area (Å²) >= 11 is 6.15. The monoisotopic (exact) mass is 529 g/mol. The van der Waals surface area contributed by atoms with Gasteiger partial charge in [0.25, 0.3) is 0 Å². The number of fused-ring (bicyclic) bond motifs is 1. The number of carbonyl (C=O) groups excluding carboxylic acids is 1. The summed E-state index contributed by atoms with van der Waals surface area (Å²) in [5, 5.41) is 8.47. The number of rotatable bonds is 9. The standard InChI is InChI=1S/C22H20BrN5O2S2/c1-3-11-28-20(14-5-7-15(23)8-6-14)26-22(27-28)31-13-19(29)25-21-24-17-12-16(30-4-2)9-10-18(17)32-21/h3,5-10,12H,1,4,11,13H2,2H3,(H,24,25,29). The molecule has 0 aliphatic rings. The molecule has 2 heterocycles. The molecule has 0 aliphatic carbocycles. The molecule has 0 unspecified atom stereocenters. The number of benzene rings is 2. The van der Waals surface area contributed by atoms with E-state index < -0.39 is 0 Å². The summed E-state index contributed by atoms with van der Waals surface area (Å²) in [4.78, 5) is 21.6. The van der Waals surface area contributed by atoms with E-state index in [1.807, 2.05) is 49.4 Å². The predicted molar refractivity (Wildman–Crippen MR) is 133 cm³/mol. The number of thiazole rings is 1. The van der Waals surface area contributed by atoms with E-state index in [1.165, 1.54) is 23.1 Å². The van der Waals surface area contributed by atoms with Gasteiger partial charge in [0.15, 0.2) is 11.0 Å². The third-order valence-electron chi connectivity index (χ3n) is 4.31. The van der Waals surface area contributed by atoms with Gasteiger partial charge >= 0.3 is 0 Å². The maximum Gasteiger partial charge on any atom is 0.236 e. The van der Waals surface area contributed by atoms with Crippen molar-refractivity contribution in [1.29, 1.82) is 0 Å². The lowest BCUT2D eigenvalue weighted by Crippen LogP contribution is -2.13. The van der Waals surface area contributed by atoms with Crippen LogP contribution in [0.15, 0.2) is 64.7 Å². The Labute approximate surface area is 202 Å². The van der Waals surface area contributed by atoms with E-state index in [-0.39, 0.29) is 11.7 Å². The van der Waals surface area contributed by atoms with Gasteiger partial charge in [-0.25, -0.2) is 14.6 Å². The second-order valence-corrected chi connectivity index (χ2v) is 9.50. The van der Waals surface area contributed by atoms with Gasteiger partial charge in [0.05, 0.1) is 29.1 Å². The smallest absolute Gasteiger partial charge is 0.236 e. The maximum atomic E-state index is 12.5. The normalized spacial score (nSPS) is 10.9. The van der Waals surface area contributed by atoms with Crippen LogP contribution in [0.5, 0.6) is 5.75 Å². The van der Waals surface area contributed by atoms with Gasteiger partial charge in [-0.2, -0.15) is 0 Å². The van der Waals surface area contributed by atoms with Crippen LogP contribution in [-0.4, -0.2) is 38.0 Å². The number of halogens is 1. The van der Waals surface area contributed by atoms with Crippen LogP contribution in [0.1, 0.15) is 6.92 Å². The highest BCUT2D eigenvalue weighted by Crippen LogP contribution is 2.29. The number of hydrogen-bond acceptors (Lipinski definition) is 7. The van der Waals surface area contributed by atoms with Gasteiger partial charge in [-0.1, -0.05) is 57.2 Å². The minimum absolute atomic E-state index is 0.163. The summed E-state index contributed by atoms with van der Waals surface area (Å²) in [6.07, 6.45) is 1.77. The molecule has 0 bridgehead atoms. The number of nitrogens with one attached hydrogen (secondary N) is 1. The molecule has 4 aromatic rings. The molecule has 0 saturated carbocycles. The van der Waals surface area contributed by atoms with Crippen molar-refractivity contribution in [3.05, 3.63) is 59.6 Å². The second-order valence-electron chi connectivity index (χ2n) is 6.61. The molecule has 7 nitrogen and oxygen atoms in total. The van der Waals surface area contributed by atoms with Gasteiger partial charge in [-0.15, -0.1) is 11.7 Å². The summed E-state index contributed by atoms with van der Waals surface area (Å²) in [5.41, 5.74) is 1.74. The molecule has 0 saturated heterocycles. The van der Waals surface area contributed by atoms with Crippen LogP contribution < -0.4 is 10.1 Å². The van der Waals surface area contributed by atoms with E-state index in [1.54, 1.807) is 10.8 Å². The molecule has 2 aromatic heterocycles. The van der Waals surface area contributed by atoms with Crippen molar-refractivity contribution in [2.45, 2.75) is 18.6 Å². The van der Waals surface area contributed by atoms with Gasteiger partial charge < -0.3 is 10.1 Å². The lowest BCUT2D eigenvalue weighted by molar-refractivity contribution is -0.113. The molecular formula is C22H20BrN5O2S2. The fraction of sp³-hybridized carbons (Fsp3) is 0.182. The number of hydrogen-bond donors (Lipinski definition) is 1. The van der Waals surface area contributed by atoms with Crippen LogP contribution in [0, 0.1) is 0 Å². The van der Waals surface area contributed by atoms with Crippen molar-refractivity contribution >= 4 is 60.3 Å². The topological polar surface area (TPSA) is 81.9 Å². The van der Waals surface area contributed by atoms with Crippen LogP contribution in [0.25, 0.3) is 21.6 Å². The first-order chi connectivity index (χ1) is 15.6.